The molecule has 1 amide bonds. The van der Waals surface area contributed by atoms with E-state index in [0.717, 1.165) is 12.1 Å². The summed E-state index contributed by atoms with van der Waals surface area (Å²) in [4.78, 5) is 15.0. The highest BCUT2D eigenvalue weighted by Crippen LogP contribution is 2.27. The average molecular weight is 411 g/mol. The normalized spacial score (nSPS) is 16.5. The molecule has 0 aliphatic carbocycles. The van der Waals surface area contributed by atoms with Crippen molar-refractivity contribution in [3.63, 3.8) is 0 Å². The molecule has 1 aliphatic heterocycles. The smallest absolute Gasteiger partial charge is 0.254 e. The number of carbonyl (C=O) groups excluding carboxylic acids is 1. The summed E-state index contributed by atoms with van der Waals surface area (Å²) in [7, 11) is 1.63. The zero-order valence-corrected chi connectivity index (χ0v) is 16.8. The summed E-state index contributed by atoms with van der Waals surface area (Å²) in [6.45, 7) is 3.08. The Bertz CT molecular complexity index is 758. The molecular formula is C20H24Cl2N2O3. The molecule has 0 saturated carbocycles. The topological polar surface area (TPSA) is 50.8 Å². The molecule has 0 spiro atoms. The highest BCUT2D eigenvalue weighted by molar-refractivity contribution is 6.30. The summed E-state index contributed by atoms with van der Waals surface area (Å²) >= 11 is 6.14. The summed E-state index contributed by atoms with van der Waals surface area (Å²) in [5.41, 5.74) is 1.65. The average Bonchev–Trinajstić information content (AvgIpc) is 2.68. The van der Waals surface area contributed by atoms with Crippen LogP contribution in [0.4, 0.5) is 0 Å². The molecule has 0 bridgehead atoms. The third kappa shape index (κ3) is 5.59. The van der Waals surface area contributed by atoms with E-state index in [9.17, 15) is 4.79 Å². The van der Waals surface area contributed by atoms with Crippen molar-refractivity contribution in [1.29, 1.82) is 0 Å². The van der Waals surface area contributed by atoms with Gasteiger partial charge in [0, 0.05) is 37.3 Å². The zero-order chi connectivity index (χ0) is 18.4. The summed E-state index contributed by atoms with van der Waals surface area (Å²) in [5, 5.41) is 4.03. The Morgan fingerprint density at radius 1 is 1.22 bits per heavy atom. The number of ether oxygens (including phenoxy) is 2. The third-order valence-electron chi connectivity index (χ3n) is 4.37. The number of piperazine rings is 1. The van der Waals surface area contributed by atoms with Crippen LogP contribution in [-0.4, -0.2) is 50.8 Å². The van der Waals surface area contributed by atoms with Crippen molar-refractivity contribution in [3.8, 4) is 5.75 Å². The molecule has 7 heteroatoms. The molecule has 1 aliphatic rings. The maximum absolute atomic E-state index is 13.1. The van der Waals surface area contributed by atoms with Gasteiger partial charge < -0.3 is 19.7 Å². The Hall–Kier alpha value is -1.79. The summed E-state index contributed by atoms with van der Waals surface area (Å²) in [6, 6.07) is 14.9. The molecule has 3 rings (SSSR count). The van der Waals surface area contributed by atoms with Crippen LogP contribution < -0.4 is 10.1 Å². The number of halogens is 2. The number of hydrogen-bond acceptors (Lipinski definition) is 4. The van der Waals surface area contributed by atoms with Gasteiger partial charge in [0.05, 0.1) is 12.6 Å². The van der Waals surface area contributed by atoms with Crippen LogP contribution in [0.5, 0.6) is 5.75 Å². The van der Waals surface area contributed by atoms with Crippen molar-refractivity contribution in [2.45, 2.75) is 6.04 Å². The van der Waals surface area contributed by atoms with E-state index in [1.54, 1.807) is 13.2 Å². The fourth-order valence-electron chi connectivity index (χ4n) is 3.09. The van der Waals surface area contributed by atoms with Crippen molar-refractivity contribution in [3.05, 3.63) is 64.7 Å². The monoisotopic (exact) mass is 410 g/mol. The molecule has 0 radical (unpaired) electrons. The van der Waals surface area contributed by atoms with E-state index >= 15 is 0 Å². The van der Waals surface area contributed by atoms with Gasteiger partial charge in [-0.2, -0.15) is 0 Å². The summed E-state index contributed by atoms with van der Waals surface area (Å²) < 4.78 is 10.6. The molecule has 0 aromatic heterocycles. The van der Waals surface area contributed by atoms with Crippen LogP contribution in [0, 0.1) is 0 Å². The number of rotatable bonds is 6. The molecule has 1 N–H and O–H groups in total. The number of amides is 1. The molecule has 2 aromatic carbocycles. The highest BCUT2D eigenvalue weighted by atomic mass is 35.5. The Morgan fingerprint density at radius 2 is 2.04 bits per heavy atom. The Morgan fingerprint density at radius 3 is 2.81 bits per heavy atom. The maximum atomic E-state index is 13.1. The lowest BCUT2D eigenvalue weighted by atomic mass is 10.0. The largest absolute Gasteiger partial charge is 0.491 e. The van der Waals surface area contributed by atoms with E-state index in [4.69, 9.17) is 21.1 Å². The fraction of sp³-hybridized carbons (Fsp3) is 0.350. The predicted molar refractivity (Wildman–Crippen MR) is 109 cm³/mol. The van der Waals surface area contributed by atoms with Gasteiger partial charge in [0.25, 0.3) is 5.91 Å². The van der Waals surface area contributed by atoms with Gasteiger partial charge in [-0.1, -0.05) is 29.8 Å². The lowest BCUT2D eigenvalue weighted by Gasteiger charge is -2.36. The third-order valence-corrected chi connectivity index (χ3v) is 4.61. The molecule has 27 heavy (non-hydrogen) atoms. The van der Waals surface area contributed by atoms with Gasteiger partial charge in [-0.05, 0) is 35.9 Å². The number of benzene rings is 2. The molecule has 2 aromatic rings. The molecule has 1 saturated heterocycles. The van der Waals surface area contributed by atoms with E-state index in [0.29, 0.717) is 42.6 Å². The number of methoxy groups -OCH3 is 1. The van der Waals surface area contributed by atoms with Crippen LogP contribution in [0.3, 0.4) is 0 Å². The number of nitrogens with zero attached hydrogens (tertiary/aromatic N) is 1. The highest BCUT2D eigenvalue weighted by Gasteiger charge is 2.28. The Labute approximate surface area is 171 Å². The van der Waals surface area contributed by atoms with Crippen LogP contribution in [0.25, 0.3) is 0 Å². The molecule has 1 unspecified atom stereocenters. The van der Waals surface area contributed by atoms with Crippen LogP contribution in [0.15, 0.2) is 48.5 Å². The van der Waals surface area contributed by atoms with Crippen molar-refractivity contribution >= 4 is 29.9 Å². The minimum Gasteiger partial charge on any atom is -0.491 e. The summed E-state index contributed by atoms with van der Waals surface area (Å²) in [6.07, 6.45) is 0. The standard InChI is InChI=1S/C20H23ClN2O3.ClH/c1-25-10-11-26-18-7-3-5-16(13-18)20(24)23-9-8-22-14-19(23)15-4-2-6-17(21)12-15;/h2-7,12-13,19,22H,8-11,14H2,1H3;1H. The van der Waals surface area contributed by atoms with Crippen molar-refractivity contribution in [1.82, 2.24) is 10.2 Å². The van der Waals surface area contributed by atoms with Gasteiger partial charge in [0.1, 0.15) is 12.4 Å². The molecule has 1 heterocycles. The minimum atomic E-state index is -0.0481. The SMILES string of the molecule is COCCOc1cccc(C(=O)N2CCNCC2c2cccc(Cl)c2)c1.Cl. The van der Waals surface area contributed by atoms with Gasteiger partial charge in [-0.15, -0.1) is 12.4 Å². The van der Waals surface area contributed by atoms with E-state index in [1.807, 2.05) is 47.4 Å². The van der Waals surface area contributed by atoms with Crippen molar-refractivity contribution in [2.75, 3.05) is 40.0 Å². The van der Waals surface area contributed by atoms with E-state index in [-0.39, 0.29) is 24.4 Å². The zero-order valence-electron chi connectivity index (χ0n) is 15.2. The Balaban J connectivity index is 0.00000261. The lowest BCUT2D eigenvalue weighted by molar-refractivity contribution is 0.0633. The fourth-order valence-corrected chi connectivity index (χ4v) is 3.29. The molecule has 1 fully saturated rings. The summed E-state index contributed by atoms with van der Waals surface area (Å²) in [5.74, 6) is 0.663. The van der Waals surface area contributed by atoms with Gasteiger partial charge in [0.2, 0.25) is 0 Å². The number of carbonyl (C=O) groups is 1. The van der Waals surface area contributed by atoms with Crippen molar-refractivity contribution in [2.24, 2.45) is 0 Å². The van der Waals surface area contributed by atoms with Gasteiger partial charge >= 0.3 is 0 Å². The van der Waals surface area contributed by atoms with Gasteiger partial charge in [-0.25, -0.2) is 0 Å². The van der Waals surface area contributed by atoms with Gasteiger partial charge in [-0.3, -0.25) is 4.79 Å². The maximum Gasteiger partial charge on any atom is 0.254 e. The first kappa shape index (κ1) is 21.5. The minimum absolute atomic E-state index is 0. The Kier molecular flexibility index (Phi) is 8.38. The van der Waals surface area contributed by atoms with Crippen LogP contribution >= 0.6 is 24.0 Å². The molecular weight excluding hydrogens is 387 g/mol. The van der Waals surface area contributed by atoms with Crippen molar-refractivity contribution < 1.29 is 14.3 Å². The number of hydrogen-bond donors (Lipinski definition) is 1. The van der Waals surface area contributed by atoms with Crippen LogP contribution in [0.2, 0.25) is 5.02 Å². The molecule has 1 atom stereocenters. The second kappa shape index (κ2) is 10.5. The molecule has 5 nitrogen and oxygen atoms in total. The number of nitrogens with one attached hydrogen (secondary N) is 1. The first-order chi connectivity index (χ1) is 12.7. The quantitative estimate of drug-likeness (QED) is 0.739. The second-order valence-corrected chi connectivity index (χ2v) is 6.58. The first-order valence-corrected chi connectivity index (χ1v) is 9.06. The predicted octanol–water partition coefficient (Wildman–Crippen LogP) is 3.57. The first-order valence-electron chi connectivity index (χ1n) is 8.68. The van der Waals surface area contributed by atoms with Crippen LogP contribution in [-0.2, 0) is 4.74 Å². The lowest BCUT2D eigenvalue weighted by Crippen LogP contribution is -2.48. The molecule has 146 valence electrons. The van der Waals surface area contributed by atoms with E-state index < -0.39 is 0 Å². The van der Waals surface area contributed by atoms with Crippen LogP contribution in [0.1, 0.15) is 22.0 Å². The van der Waals surface area contributed by atoms with Gasteiger partial charge in [0.15, 0.2) is 0 Å². The van der Waals surface area contributed by atoms with E-state index in [2.05, 4.69) is 5.32 Å². The second-order valence-electron chi connectivity index (χ2n) is 6.14. The van der Waals surface area contributed by atoms with E-state index in [1.165, 1.54) is 0 Å².